The number of hydrogen-bond donors (Lipinski definition) is 3. The Morgan fingerprint density at radius 1 is 1.06 bits per heavy atom. The molecule has 0 bridgehead atoms. The van der Waals surface area contributed by atoms with Crippen LogP contribution in [0.15, 0.2) is 48.8 Å². The highest BCUT2D eigenvalue weighted by Gasteiger charge is 2.28. The maximum Gasteiger partial charge on any atom is 0.318 e. The van der Waals surface area contributed by atoms with Crippen molar-refractivity contribution in [1.29, 1.82) is 0 Å². The Kier molecular flexibility index (Phi) is 5.92. The van der Waals surface area contributed by atoms with E-state index in [-0.39, 0.29) is 23.8 Å². The first-order valence-electron chi connectivity index (χ1n) is 10.3. The van der Waals surface area contributed by atoms with Crippen LogP contribution in [0.5, 0.6) is 0 Å². The average Bonchev–Trinajstić information content (AvgIpc) is 3.16. The number of nitrogens with one attached hydrogen (secondary N) is 2. The van der Waals surface area contributed by atoms with E-state index in [1.807, 2.05) is 35.0 Å². The number of pyridine rings is 1. The van der Waals surface area contributed by atoms with Gasteiger partial charge in [-0.15, -0.1) is 0 Å². The Morgan fingerprint density at radius 3 is 2.52 bits per heavy atom. The number of imide groups is 1. The fourth-order valence-electron chi connectivity index (χ4n) is 3.96. The first-order valence-corrected chi connectivity index (χ1v) is 10.3. The molecule has 1 aliphatic carbocycles. The van der Waals surface area contributed by atoms with E-state index >= 15 is 0 Å². The SMILES string of the molecule is NC(=O)NC(=O)C1CCC(NC(=O)c2cnc3c(cnn3Cc3ccccc3)c2)CC1. The van der Waals surface area contributed by atoms with E-state index in [2.05, 4.69) is 20.7 Å². The molecule has 4 amide bonds. The number of urea groups is 1. The van der Waals surface area contributed by atoms with Gasteiger partial charge in [0.15, 0.2) is 5.65 Å². The molecular weight excluding hydrogens is 396 g/mol. The average molecular weight is 420 g/mol. The van der Waals surface area contributed by atoms with Gasteiger partial charge in [0.25, 0.3) is 5.91 Å². The summed E-state index contributed by atoms with van der Waals surface area (Å²) in [5, 5.41) is 10.3. The molecular formula is C22H24N6O3. The van der Waals surface area contributed by atoms with Crippen LogP contribution in [0.4, 0.5) is 4.79 Å². The molecule has 31 heavy (non-hydrogen) atoms. The number of hydrogen-bond acceptors (Lipinski definition) is 5. The van der Waals surface area contributed by atoms with E-state index in [1.54, 1.807) is 18.5 Å². The lowest BCUT2D eigenvalue weighted by molar-refractivity contribution is -0.124. The van der Waals surface area contributed by atoms with Crippen LogP contribution in [0.1, 0.15) is 41.6 Å². The lowest BCUT2D eigenvalue weighted by atomic mass is 9.85. The Labute approximate surface area is 179 Å². The summed E-state index contributed by atoms with van der Waals surface area (Å²) >= 11 is 0. The summed E-state index contributed by atoms with van der Waals surface area (Å²) in [4.78, 5) is 39.9. The normalized spacial score (nSPS) is 18.5. The molecule has 160 valence electrons. The topological polar surface area (TPSA) is 132 Å². The van der Waals surface area contributed by atoms with Crippen LogP contribution in [0.25, 0.3) is 11.0 Å². The highest BCUT2D eigenvalue weighted by molar-refractivity contribution is 5.97. The van der Waals surface area contributed by atoms with Gasteiger partial charge in [0, 0.05) is 23.5 Å². The van der Waals surface area contributed by atoms with Crippen molar-refractivity contribution in [3.63, 3.8) is 0 Å². The summed E-state index contributed by atoms with van der Waals surface area (Å²) in [6, 6.07) is 10.9. The zero-order chi connectivity index (χ0) is 21.8. The maximum absolute atomic E-state index is 12.7. The first-order chi connectivity index (χ1) is 15.0. The molecule has 1 fully saturated rings. The molecule has 9 heteroatoms. The number of amides is 4. The molecule has 0 radical (unpaired) electrons. The van der Waals surface area contributed by atoms with Crippen molar-refractivity contribution in [2.24, 2.45) is 11.7 Å². The zero-order valence-corrected chi connectivity index (χ0v) is 17.0. The third-order valence-corrected chi connectivity index (χ3v) is 5.59. The second-order valence-corrected chi connectivity index (χ2v) is 7.80. The van der Waals surface area contributed by atoms with Gasteiger partial charge in [-0.25, -0.2) is 14.5 Å². The molecule has 9 nitrogen and oxygen atoms in total. The standard InChI is InChI=1S/C22H24N6O3/c23-22(31)27-20(29)15-6-8-18(9-7-15)26-21(30)17-10-16-12-25-28(19(16)24-11-17)13-14-4-2-1-3-5-14/h1-5,10-12,15,18H,6-9,13H2,(H,26,30)(H3,23,27,29,31). The van der Waals surface area contributed by atoms with Crippen molar-refractivity contribution in [1.82, 2.24) is 25.4 Å². The Morgan fingerprint density at radius 2 is 1.81 bits per heavy atom. The molecule has 2 heterocycles. The molecule has 4 rings (SSSR count). The van der Waals surface area contributed by atoms with E-state index < -0.39 is 6.03 Å². The van der Waals surface area contributed by atoms with Crippen LogP contribution in [0, 0.1) is 5.92 Å². The summed E-state index contributed by atoms with van der Waals surface area (Å²) < 4.78 is 1.81. The minimum absolute atomic E-state index is 0.0263. The summed E-state index contributed by atoms with van der Waals surface area (Å²) in [5.74, 6) is -0.802. The second kappa shape index (κ2) is 8.95. The van der Waals surface area contributed by atoms with E-state index in [1.165, 1.54) is 0 Å². The zero-order valence-electron chi connectivity index (χ0n) is 17.0. The van der Waals surface area contributed by atoms with Crippen molar-refractivity contribution in [3.05, 3.63) is 59.9 Å². The third-order valence-electron chi connectivity index (χ3n) is 5.59. The van der Waals surface area contributed by atoms with E-state index in [0.717, 1.165) is 16.6 Å². The number of rotatable bonds is 5. The maximum atomic E-state index is 12.7. The monoisotopic (exact) mass is 420 g/mol. The van der Waals surface area contributed by atoms with Crippen molar-refractivity contribution in [3.8, 4) is 0 Å². The van der Waals surface area contributed by atoms with Gasteiger partial charge in [-0.05, 0) is 37.3 Å². The number of carbonyl (C=O) groups excluding carboxylic acids is 3. The quantitative estimate of drug-likeness (QED) is 0.580. The van der Waals surface area contributed by atoms with Gasteiger partial charge in [-0.2, -0.15) is 5.10 Å². The molecule has 0 atom stereocenters. The van der Waals surface area contributed by atoms with E-state index in [9.17, 15) is 14.4 Å². The minimum Gasteiger partial charge on any atom is -0.351 e. The summed E-state index contributed by atoms with van der Waals surface area (Å²) in [6.07, 6.45) is 5.78. The Balaban J connectivity index is 1.36. The van der Waals surface area contributed by atoms with Gasteiger partial charge >= 0.3 is 6.03 Å². The van der Waals surface area contributed by atoms with Crippen LogP contribution in [-0.2, 0) is 11.3 Å². The molecule has 0 aliphatic heterocycles. The summed E-state index contributed by atoms with van der Waals surface area (Å²) in [6.45, 7) is 0.607. The van der Waals surface area contributed by atoms with Crippen LogP contribution >= 0.6 is 0 Å². The second-order valence-electron chi connectivity index (χ2n) is 7.80. The van der Waals surface area contributed by atoms with Crippen molar-refractivity contribution in [2.45, 2.75) is 38.3 Å². The van der Waals surface area contributed by atoms with Crippen molar-refractivity contribution < 1.29 is 14.4 Å². The van der Waals surface area contributed by atoms with Gasteiger partial charge in [-0.1, -0.05) is 30.3 Å². The predicted molar refractivity (Wildman–Crippen MR) is 114 cm³/mol. The molecule has 0 unspecified atom stereocenters. The third kappa shape index (κ3) is 4.88. The number of fused-ring (bicyclic) bond motifs is 1. The molecule has 1 aromatic carbocycles. The van der Waals surface area contributed by atoms with Crippen LogP contribution in [0.3, 0.4) is 0 Å². The van der Waals surface area contributed by atoms with Gasteiger partial charge in [0.2, 0.25) is 5.91 Å². The molecule has 3 aromatic rings. The molecule has 2 aromatic heterocycles. The number of primary amides is 1. The van der Waals surface area contributed by atoms with Crippen LogP contribution < -0.4 is 16.4 Å². The summed E-state index contributed by atoms with van der Waals surface area (Å²) in [5.41, 5.74) is 7.31. The summed E-state index contributed by atoms with van der Waals surface area (Å²) in [7, 11) is 0. The Bertz CT molecular complexity index is 1100. The van der Waals surface area contributed by atoms with Gasteiger partial charge in [0.1, 0.15) is 0 Å². The van der Waals surface area contributed by atoms with Gasteiger partial charge in [-0.3, -0.25) is 14.9 Å². The van der Waals surface area contributed by atoms with Gasteiger partial charge in [0.05, 0.1) is 18.3 Å². The largest absolute Gasteiger partial charge is 0.351 e. The predicted octanol–water partition coefficient (Wildman–Crippen LogP) is 1.96. The number of nitrogens with two attached hydrogens (primary N) is 1. The highest BCUT2D eigenvalue weighted by Crippen LogP contribution is 2.25. The number of nitrogens with zero attached hydrogens (tertiary/aromatic N) is 3. The number of carbonyl (C=O) groups is 3. The van der Waals surface area contributed by atoms with Gasteiger partial charge < -0.3 is 11.1 Å². The van der Waals surface area contributed by atoms with Crippen molar-refractivity contribution in [2.75, 3.05) is 0 Å². The number of benzene rings is 1. The van der Waals surface area contributed by atoms with Crippen LogP contribution in [0.2, 0.25) is 0 Å². The Hall–Kier alpha value is -3.75. The fraction of sp³-hybridized carbons (Fsp3) is 0.318. The molecule has 1 saturated carbocycles. The minimum atomic E-state index is -0.838. The fourth-order valence-corrected chi connectivity index (χ4v) is 3.96. The first kappa shape index (κ1) is 20.5. The molecule has 0 spiro atoms. The van der Waals surface area contributed by atoms with Crippen molar-refractivity contribution >= 4 is 28.9 Å². The molecule has 4 N–H and O–H groups in total. The van der Waals surface area contributed by atoms with Crippen LogP contribution in [-0.4, -0.2) is 38.7 Å². The number of aromatic nitrogens is 3. The molecule has 0 saturated heterocycles. The van der Waals surface area contributed by atoms with E-state index in [0.29, 0.717) is 37.8 Å². The highest BCUT2D eigenvalue weighted by atomic mass is 16.2. The molecule has 1 aliphatic rings. The lowest BCUT2D eigenvalue weighted by Crippen LogP contribution is -2.43. The smallest absolute Gasteiger partial charge is 0.318 e. The lowest BCUT2D eigenvalue weighted by Gasteiger charge is -2.28. The van der Waals surface area contributed by atoms with E-state index in [4.69, 9.17) is 5.73 Å².